The Morgan fingerprint density at radius 3 is 2.42 bits per heavy atom. The summed E-state index contributed by atoms with van der Waals surface area (Å²) in [7, 11) is 2.85. The number of carbonyl (C=O) groups excluding carboxylic acids is 1. The summed E-state index contributed by atoms with van der Waals surface area (Å²) in [5.74, 6) is -1.76. The highest BCUT2D eigenvalue weighted by atomic mass is 35.5. The predicted molar refractivity (Wildman–Crippen MR) is 85.0 cm³/mol. The molecule has 0 atom stereocenters. The number of benzene rings is 2. The molecule has 0 aliphatic carbocycles. The van der Waals surface area contributed by atoms with E-state index < -0.39 is 24.1 Å². The summed E-state index contributed by atoms with van der Waals surface area (Å²) in [6, 6.07) is 5.77. The molecule has 24 heavy (non-hydrogen) atoms. The van der Waals surface area contributed by atoms with Gasteiger partial charge in [-0.15, -0.1) is 0 Å². The van der Waals surface area contributed by atoms with Crippen molar-refractivity contribution in [1.82, 2.24) is 0 Å². The summed E-state index contributed by atoms with van der Waals surface area (Å²) in [4.78, 5) is 12.0. The van der Waals surface area contributed by atoms with Gasteiger partial charge < -0.3 is 19.5 Å². The highest BCUT2D eigenvalue weighted by molar-refractivity contribution is 6.32. The lowest BCUT2D eigenvalue weighted by Crippen LogP contribution is -2.21. The number of hydrogen-bond donors (Lipinski definition) is 1. The fraction of sp³-hybridized carbons (Fsp3) is 0.188. The van der Waals surface area contributed by atoms with Gasteiger partial charge in [-0.05, 0) is 12.1 Å². The minimum Gasteiger partial charge on any atom is -0.495 e. The van der Waals surface area contributed by atoms with Crippen LogP contribution in [0.4, 0.5) is 14.5 Å². The minimum absolute atomic E-state index is 0.229. The largest absolute Gasteiger partial charge is 0.495 e. The molecule has 5 nitrogen and oxygen atoms in total. The van der Waals surface area contributed by atoms with Gasteiger partial charge in [0.2, 0.25) is 0 Å². The van der Waals surface area contributed by atoms with E-state index in [1.807, 2.05) is 0 Å². The second kappa shape index (κ2) is 7.83. The van der Waals surface area contributed by atoms with Gasteiger partial charge in [0, 0.05) is 18.2 Å². The van der Waals surface area contributed by atoms with Crippen LogP contribution in [0.15, 0.2) is 30.3 Å². The maximum Gasteiger partial charge on any atom is 0.262 e. The van der Waals surface area contributed by atoms with Gasteiger partial charge in [-0.25, -0.2) is 8.78 Å². The molecule has 0 unspecified atom stereocenters. The van der Waals surface area contributed by atoms with Crippen LogP contribution in [-0.4, -0.2) is 26.7 Å². The molecule has 0 aliphatic heterocycles. The van der Waals surface area contributed by atoms with Crippen LogP contribution in [0.3, 0.4) is 0 Å². The van der Waals surface area contributed by atoms with Gasteiger partial charge in [-0.3, -0.25) is 4.79 Å². The third-order valence-corrected chi connectivity index (χ3v) is 3.30. The molecule has 8 heteroatoms. The number of amides is 1. The number of anilines is 1. The first-order chi connectivity index (χ1) is 11.4. The molecule has 0 fully saturated rings. The summed E-state index contributed by atoms with van der Waals surface area (Å²) in [6.45, 7) is -0.476. The van der Waals surface area contributed by atoms with E-state index in [9.17, 15) is 13.6 Å². The van der Waals surface area contributed by atoms with Crippen LogP contribution < -0.4 is 19.5 Å². The molecule has 0 heterocycles. The Labute approximate surface area is 142 Å². The van der Waals surface area contributed by atoms with Crippen molar-refractivity contribution in [2.45, 2.75) is 0 Å². The maximum atomic E-state index is 13.4. The zero-order valence-corrected chi connectivity index (χ0v) is 13.6. The Morgan fingerprint density at radius 1 is 1.08 bits per heavy atom. The van der Waals surface area contributed by atoms with Crippen LogP contribution >= 0.6 is 11.6 Å². The van der Waals surface area contributed by atoms with E-state index in [-0.39, 0.29) is 5.75 Å². The first kappa shape index (κ1) is 17.8. The molecule has 2 aromatic carbocycles. The van der Waals surface area contributed by atoms with Crippen LogP contribution in [0.2, 0.25) is 5.02 Å². The van der Waals surface area contributed by atoms with Crippen molar-refractivity contribution in [3.05, 3.63) is 47.0 Å². The average Bonchev–Trinajstić information content (AvgIpc) is 2.55. The summed E-state index contributed by atoms with van der Waals surface area (Å²) >= 11 is 5.97. The molecule has 128 valence electrons. The van der Waals surface area contributed by atoms with Crippen molar-refractivity contribution >= 4 is 23.2 Å². The Kier molecular flexibility index (Phi) is 5.81. The van der Waals surface area contributed by atoms with Crippen molar-refractivity contribution in [3.63, 3.8) is 0 Å². The predicted octanol–water partition coefficient (Wildman–Crippen LogP) is 3.65. The molecule has 2 aromatic rings. The molecular formula is C16H14ClF2NO4. The second-order valence-corrected chi connectivity index (χ2v) is 5.01. The highest BCUT2D eigenvalue weighted by Gasteiger charge is 2.14. The lowest BCUT2D eigenvalue weighted by molar-refractivity contribution is -0.118. The number of methoxy groups -OCH3 is 2. The Morgan fingerprint density at radius 2 is 1.79 bits per heavy atom. The summed E-state index contributed by atoms with van der Waals surface area (Å²) < 4.78 is 41.5. The van der Waals surface area contributed by atoms with Crippen molar-refractivity contribution < 1.29 is 27.8 Å². The molecule has 0 aromatic heterocycles. The Hall–Kier alpha value is -2.54. The topological polar surface area (TPSA) is 56.8 Å². The van der Waals surface area contributed by atoms with Gasteiger partial charge in [0.25, 0.3) is 5.91 Å². The van der Waals surface area contributed by atoms with Crippen LogP contribution in [0.1, 0.15) is 0 Å². The summed E-state index contributed by atoms with van der Waals surface area (Å²) in [5.41, 5.74) is 0.312. The molecule has 1 N–H and O–H groups in total. The lowest BCUT2D eigenvalue weighted by Gasteiger charge is -2.13. The molecule has 0 bridgehead atoms. The van der Waals surface area contributed by atoms with Crippen LogP contribution in [0, 0.1) is 11.6 Å². The van der Waals surface area contributed by atoms with Crippen LogP contribution in [0.5, 0.6) is 17.2 Å². The lowest BCUT2D eigenvalue weighted by atomic mass is 10.2. The Balaban J connectivity index is 2.06. The third-order valence-electron chi connectivity index (χ3n) is 3.00. The molecule has 0 saturated heterocycles. The number of hydrogen-bond acceptors (Lipinski definition) is 4. The zero-order valence-electron chi connectivity index (χ0n) is 12.9. The number of halogens is 3. The molecule has 1 amide bonds. The van der Waals surface area contributed by atoms with E-state index in [0.29, 0.717) is 28.3 Å². The number of rotatable bonds is 6. The monoisotopic (exact) mass is 357 g/mol. The Bertz CT molecular complexity index is 755. The normalized spacial score (nSPS) is 10.2. The van der Waals surface area contributed by atoms with Gasteiger partial charge in [-0.1, -0.05) is 11.6 Å². The SMILES string of the molecule is COc1cc(NC(=O)COc2ccc(F)cc2F)c(OC)cc1Cl. The number of ether oxygens (including phenoxy) is 3. The van der Waals surface area contributed by atoms with Gasteiger partial charge in [0.15, 0.2) is 18.2 Å². The van der Waals surface area contributed by atoms with E-state index in [1.165, 1.54) is 26.4 Å². The molecule has 0 saturated carbocycles. The first-order valence-corrected chi connectivity index (χ1v) is 7.11. The molecule has 2 rings (SSSR count). The van der Waals surface area contributed by atoms with Gasteiger partial charge in [-0.2, -0.15) is 0 Å². The van der Waals surface area contributed by atoms with Crippen molar-refractivity contribution in [3.8, 4) is 17.2 Å². The van der Waals surface area contributed by atoms with Crippen molar-refractivity contribution in [2.24, 2.45) is 0 Å². The number of carbonyl (C=O) groups is 1. The van der Waals surface area contributed by atoms with Crippen LogP contribution in [0.25, 0.3) is 0 Å². The van der Waals surface area contributed by atoms with E-state index in [4.69, 9.17) is 25.8 Å². The van der Waals surface area contributed by atoms with Crippen molar-refractivity contribution in [2.75, 3.05) is 26.1 Å². The maximum absolute atomic E-state index is 13.4. The highest BCUT2D eigenvalue weighted by Crippen LogP contribution is 2.35. The first-order valence-electron chi connectivity index (χ1n) is 6.73. The minimum atomic E-state index is -0.895. The van der Waals surface area contributed by atoms with E-state index >= 15 is 0 Å². The second-order valence-electron chi connectivity index (χ2n) is 4.60. The van der Waals surface area contributed by atoms with Gasteiger partial charge in [0.1, 0.15) is 17.3 Å². The van der Waals surface area contributed by atoms with Crippen LogP contribution in [-0.2, 0) is 4.79 Å². The van der Waals surface area contributed by atoms with E-state index in [0.717, 1.165) is 12.1 Å². The smallest absolute Gasteiger partial charge is 0.262 e. The molecular weight excluding hydrogens is 344 g/mol. The summed E-state index contributed by atoms with van der Waals surface area (Å²) in [6.07, 6.45) is 0. The standard InChI is InChI=1S/C16H14ClF2NO4/c1-22-14-7-12(15(23-2)6-10(14)17)20-16(21)8-24-13-4-3-9(18)5-11(13)19/h3-7H,8H2,1-2H3,(H,20,21). The molecule has 0 spiro atoms. The summed E-state index contributed by atoms with van der Waals surface area (Å²) in [5, 5.41) is 2.86. The fourth-order valence-corrected chi connectivity index (χ4v) is 2.11. The van der Waals surface area contributed by atoms with E-state index in [2.05, 4.69) is 5.32 Å². The molecule has 0 aliphatic rings. The fourth-order valence-electron chi connectivity index (χ4n) is 1.88. The number of nitrogens with one attached hydrogen (secondary N) is 1. The van der Waals surface area contributed by atoms with E-state index in [1.54, 1.807) is 0 Å². The zero-order chi connectivity index (χ0) is 17.7. The van der Waals surface area contributed by atoms with Gasteiger partial charge in [0.05, 0.1) is 24.9 Å². The quantitative estimate of drug-likeness (QED) is 0.857. The van der Waals surface area contributed by atoms with Crippen molar-refractivity contribution in [1.29, 1.82) is 0 Å². The molecule has 0 radical (unpaired) electrons. The van der Waals surface area contributed by atoms with Gasteiger partial charge >= 0.3 is 0 Å². The average molecular weight is 358 g/mol. The third kappa shape index (κ3) is 4.26.